The molecule has 0 radical (unpaired) electrons. The van der Waals surface area contributed by atoms with Crippen LogP contribution in [0.5, 0.6) is 0 Å². The molecule has 0 bridgehead atoms. The Hall–Kier alpha value is -1.56. The van der Waals surface area contributed by atoms with Gasteiger partial charge in [-0.3, -0.25) is 4.79 Å². The molecule has 1 aliphatic rings. The summed E-state index contributed by atoms with van der Waals surface area (Å²) in [4.78, 5) is 24.6. The summed E-state index contributed by atoms with van der Waals surface area (Å²) >= 11 is 3.38. The SMILES string of the molecule is CN1C[C@H](CNC(=O)c2ccc(CCBr)cc2)OC1=O. The quantitative estimate of drug-likeness (QED) is 0.831. The summed E-state index contributed by atoms with van der Waals surface area (Å²) in [6, 6.07) is 7.50. The van der Waals surface area contributed by atoms with E-state index in [-0.39, 0.29) is 18.1 Å². The molecule has 1 fully saturated rings. The van der Waals surface area contributed by atoms with E-state index in [0.29, 0.717) is 18.7 Å². The van der Waals surface area contributed by atoms with E-state index in [4.69, 9.17) is 4.74 Å². The van der Waals surface area contributed by atoms with Gasteiger partial charge in [-0.25, -0.2) is 4.79 Å². The van der Waals surface area contributed by atoms with Crippen LogP contribution in [0.2, 0.25) is 0 Å². The van der Waals surface area contributed by atoms with Crippen LogP contribution >= 0.6 is 15.9 Å². The van der Waals surface area contributed by atoms with Crippen molar-refractivity contribution in [3.63, 3.8) is 0 Å². The molecule has 0 aliphatic carbocycles. The molecule has 1 atom stereocenters. The molecule has 1 aliphatic heterocycles. The van der Waals surface area contributed by atoms with Crippen LogP contribution in [0, 0.1) is 0 Å². The normalized spacial score (nSPS) is 18.0. The Balaban J connectivity index is 1.84. The molecule has 1 aromatic rings. The summed E-state index contributed by atoms with van der Waals surface area (Å²) in [6.45, 7) is 0.835. The van der Waals surface area contributed by atoms with Crippen molar-refractivity contribution in [1.82, 2.24) is 10.2 Å². The minimum Gasteiger partial charge on any atom is -0.442 e. The molecule has 0 saturated carbocycles. The Labute approximate surface area is 126 Å². The number of likely N-dealkylation sites (N-methyl/N-ethyl adjacent to an activating group) is 1. The Kier molecular flexibility index (Phi) is 5.00. The Morgan fingerprint density at radius 3 is 2.70 bits per heavy atom. The van der Waals surface area contributed by atoms with Gasteiger partial charge in [0.25, 0.3) is 5.91 Å². The number of cyclic esters (lactones) is 1. The lowest BCUT2D eigenvalue weighted by molar-refractivity contribution is 0.0915. The number of amides is 2. The molecular weight excluding hydrogens is 324 g/mol. The van der Waals surface area contributed by atoms with E-state index >= 15 is 0 Å². The fourth-order valence-electron chi connectivity index (χ4n) is 2.00. The average molecular weight is 341 g/mol. The van der Waals surface area contributed by atoms with Crippen LogP contribution in [-0.2, 0) is 11.2 Å². The predicted molar refractivity (Wildman–Crippen MR) is 79.2 cm³/mol. The zero-order valence-corrected chi connectivity index (χ0v) is 12.9. The molecule has 0 spiro atoms. The summed E-state index contributed by atoms with van der Waals surface area (Å²) < 4.78 is 5.08. The van der Waals surface area contributed by atoms with Gasteiger partial charge in [-0.15, -0.1) is 0 Å². The van der Waals surface area contributed by atoms with Gasteiger partial charge in [0.05, 0.1) is 13.1 Å². The van der Waals surface area contributed by atoms with Crippen LogP contribution in [0.3, 0.4) is 0 Å². The standard InChI is InChI=1S/C14H17BrN2O3/c1-17-9-12(20-14(17)19)8-16-13(18)11-4-2-10(3-5-11)6-7-15/h2-5,12H,6-9H2,1H3,(H,16,18)/t12-/m0/s1. The Morgan fingerprint density at radius 2 is 2.15 bits per heavy atom. The van der Waals surface area contributed by atoms with E-state index in [1.807, 2.05) is 12.1 Å². The van der Waals surface area contributed by atoms with Crippen LogP contribution in [0.15, 0.2) is 24.3 Å². The minimum absolute atomic E-state index is 0.152. The molecule has 1 aromatic carbocycles. The highest BCUT2D eigenvalue weighted by Crippen LogP contribution is 2.09. The first-order valence-corrected chi connectivity index (χ1v) is 7.57. The molecular formula is C14H17BrN2O3. The van der Waals surface area contributed by atoms with E-state index < -0.39 is 0 Å². The van der Waals surface area contributed by atoms with E-state index in [1.54, 1.807) is 19.2 Å². The maximum absolute atomic E-state index is 12.0. The van der Waals surface area contributed by atoms with Crippen molar-refractivity contribution in [2.24, 2.45) is 0 Å². The summed E-state index contributed by atoms with van der Waals surface area (Å²) in [5.74, 6) is -0.152. The van der Waals surface area contributed by atoms with Crippen LogP contribution in [0.25, 0.3) is 0 Å². The summed E-state index contributed by atoms with van der Waals surface area (Å²) in [7, 11) is 1.67. The van der Waals surface area contributed by atoms with E-state index in [2.05, 4.69) is 21.2 Å². The number of alkyl halides is 1. The van der Waals surface area contributed by atoms with Gasteiger partial charge in [-0.1, -0.05) is 28.1 Å². The van der Waals surface area contributed by atoms with E-state index in [0.717, 1.165) is 11.8 Å². The number of carbonyl (C=O) groups excluding carboxylic acids is 2. The van der Waals surface area contributed by atoms with E-state index in [1.165, 1.54) is 10.5 Å². The molecule has 20 heavy (non-hydrogen) atoms. The first-order chi connectivity index (χ1) is 9.60. The van der Waals surface area contributed by atoms with Crippen molar-refractivity contribution < 1.29 is 14.3 Å². The number of ether oxygens (including phenoxy) is 1. The fourth-order valence-corrected chi connectivity index (χ4v) is 2.45. The van der Waals surface area contributed by atoms with Gasteiger partial charge in [0.1, 0.15) is 6.10 Å². The molecule has 5 nitrogen and oxygen atoms in total. The first kappa shape index (κ1) is 14.8. The number of hydrogen-bond acceptors (Lipinski definition) is 3. The fraction of sp³-hybridized carbons (Fsp3) is 0.429. The first-order valence-electron chi connectivity index (χ1n) is 6.45. The topological polar surface area (TPSA) is 58.6 Å². The van der Waals surface area contributed by atoms with Gasteiger partial charge < -0.3 is 15.0 Å². The Bertz CT molecular complexity index is 490. The molecule has 2 rings (SSSR count). The molecule has 0 aromatic heterocycles. The summed E-state index contributed by atoms with van der Waals surface area (Å²) in [5, 5.41) is 3.68. The zero-order valence-electron chi connectivity index (χ0n) is 11.3. The smallest absolute Gasteiger partial charge is 0.410 e. The van der Waals surface area contributed by atoms with Crippen molar-refractivity contribution >= 4 is 27.9 Å². The number of hydrogen-bond donors (Lipinski definition) is 1. The molecule has 108 valence electrons. The van der Waals surface area contributed by atoms with Gasteiger partial charge in [-0.05, 0) is 24.1 Å². The monoisotopic (exact) mass is 340 g/mol. The van der Waals surface area contributed by atoms with Crippen molar-refractivity contribution in [1.29, 1.82) is 0 Å². The number of benzene rings is 1. The second-order valence-corrected chi connectivity index (χ2v) is 5.53. The van der Waals surface area contributed by atoms with Crippen LogP contribution in [0.1, 0.15) is 15.9 Å². The van der Waals surface area contributed by atoms with Gasteiger partial charge in [0.15, 0.2) is 0 Å². The van der Waals surface area contributed by atoms with Crippen LogP contribution < -0.4 is 5.32 Å². The predicted octanol–water partition coefficient (Wildman–Crippen LogP) is 1.80. The second-order valence-electron chi connectivity index (χ2n) is 4.73. The van der Waals surface area contributed by atoms with Crippen molar-refractivity contribution in [3.8, 4) is 0 Å². The van der Waals surface area contributed by atoms with Gasteiger partial charge in [0, 0.05) is 17.9 Å². The highest BCUT2D eigenvalue weighted by molar-refractivity contribution is 9.09. The number of nitrogens with one attached hydrogen (secondary N) is 1. The highest BCUT2D eigenvalue weighted by atomic mass is 79.9. The maximum Gasteiger partial charge on any atom is 0.410 e. The number of aryl methyl sites for hydroxylation is 1. The molecule has 1 heterocycles. The van der Waals surface area contributed by atoms with E-state index in [9.17, 15) is 9.59 Å². The van der Waals surface area contributed by atoms with Gasteiger partial charge in [-0.2, -0.15) is 0 Å². The lowest BCUT2D eigenvalue weighted by atomic mass is 10.1. The van der Waals surface area contributed by atoms with Crippen LogP contribution in [0.4, 0.5) is 4.79 Å². The van der Waals surface area contributed by atoms with Crippen LogP contribution in [-0.4, -0.2) is 48.5 Å². The lowest BCUT2D eigenvalue weighted by Crippen LogP contribution is -2.34. The molecule has 1 N–H and O–H groups in total. The van der Waals surface area contributed by atoms with Crippen molar-refractivity contribution in [2.75, 3.05) is 25.5 Å². The second kappa shape index (κ2) is 6.74. The third-order valence-corrected chi connectivity index (χ3v) is 3.54. The maximum atomic E-state index is 12.0. The molecule has 6 heteroatoms. The average Bonchev–Trinajstić information content (AvgIpc) is 2.76. The molecule has 1 saturated heterocycles. The zero-order chi connectivity index (χ0) is 14.5. The molecule has 0 unspecified atom stereocenters. The summed E-state index contributed by atoms with van der Waals surface area (Å²) in [5.41, 5.74) is 1.80. The number of carbonyl (C=O) groups is 2. The lowest BCUT2D eigenvalue weighted by Gasteiger charge is -2.10. The third-order valence-electron chi connectivity index (χ3n) is 3.15. The number of halogens is 1. The van der Waals surface area contributed by atoms with Crippen molar-refractivity contribution in [3.05, 3.63) is 35.4 Å². The van der Waals surface area contributed by atoms with Gasteiger partial charge in [0.2, 0.25) is 0 Å². The van der Waals surface area contributed by atoms with Crippen molar-refractivity contribution in [2.45, 2.75) is 12.5 Å². The number of nitrogens with zero attached hydrogens (tertiary/aromatic N) is 1. The Morgan fingerprint density at radius 1 is 1.45 bits per heavy atom. The highest BCUT2D eigenvalue weighted by Gasteiger charge is 2.28. The number of rotatable bonds is 5. The summed E-state index contributed by atoms with van der Waals surface area (Å²) in [6.07, 6.45) is 0.319. The van der Waals surface area contributed by atoms with Gasteiger partial charge >= 0.3 is 6.09 Å². The molecule has 2 amide bonds. The minimum atomic E-state index is -0.344. The largest absolute Gasteiger partial charge is 0.442 e. The third kappa shape index (κ3) is 3.72.